The van der Waals surface area contributed by atoms with E-state index < -0.39 is 0 Å². The maximum atomic E-state index is 10.5. The molecule has 0 aliphatic carbocycles. The van der Waals surface area contributed by atoms with Crippen molar-refractivity contribution >= 4 is 5.70 Å². The van der Waals surface area contributed by atoms with Crippen LogP contribution in [0, 0.1) is 12.8 Å². The summed E-state index contributed by atoms with van der Waals surface area (Å²) in [5.41, 5.74) is 14.3. The van der Waals surface area contributed by atoms with Crippen molar-refractivity contribution in [3.05, 3.63) is 53.7 Å². The molecule has 0 bridgehead atoms. The van der Waals surface area contributed by atoms with E-state index in [1.165, 1.54) is 0 Å². The van der Waals surface area contributed by atoms with E-state index in [1.807, 2.05) is 27.1 Å². The lowest BCUT2D eigenvalue weighted by Gasteiger charge is -2.37. The van der Waals surface area contributed by atoms with Crippen molar-refractivity contribution in [1.29, 1.82) is 0 Å². The molecule has 0 aliphatic heterocycles. The van der Waals surface area contributed by atoms with E-state index in [2.05, 4.69) is 42.9 Å². The van der Waals surface area contributed by atoms with Gasteiger partial charge in [0.1, 0.15) is 11.5 Å². The maximum Gasteiger partial charge on any atom is 0.226 e. The number of rotatable bonds is 10. The number of hydrogen-bond donors (Lipinski definition) is 4. The smallest absolute Gasteiger partial charge is 0.226 e. The normalized spacial score (nSPS) is 14.1. The number of phenols is 1. The Morgan fingerprint density at radius 2 is 1.97 bits per heavy atom. The molecule has 32 heavy (non-hydrogen) atoms. The van der Waals surface area contributed by atoms with E-state index in [-0.39, 0.29) is 17.3 Å². The molecule has 176 valence electrons. The molecule has 1 aromatic heterocycles. The Labute approximate surface area is 192 Å². The quantitative estimate of drug-likeness (QED) is 0.409. The van der Waals surface area contributed by atoms with Crippen molar-refractivity contribution in [2.75, 3.05) is 14.1 Å². The molecule has 1 unspecified atom stereocenters. The molecular formula is C25H39N5O2. The van der Waals surface area contributed by atoms with Crippen LogP contribution < -0.4 is 16.8 Å². The van der Waals surface area contributed by atoms with Crippen LogP contribution in [-0.4, -0.2) is 40.7 Å². The van der Waals surface area contributed by atoms with E-state index in [9.17, 15) is 5.11 Å². The van der Waals surface area contributed by atoms with Gasteiger partial charge in [0.25, 0.3) is 0 Å². The fourth-order valence-electron chi connectivity index (χ4n) is 3.60. The summed E-state index contributed by atoms with van der Waals surface area (Å²) in [6.07, 6.45) is 7.14. The van der Waals surface area contributed by atoms with Crippen LogP contribution in [0.5, 0.6) is 5.75 Å². The third-order valence-electron chi connectivity index (χ3n) is 5.73. The average molecular weight is 442 g/mol. The van der Waals surface area contributed by atoms with Crippen molar-refractivity contribution in [1.82, 2.24) is 15.2 Å². The zero-order valence-corrected chi connectivity index (χ0v) is 20.4. The number of aryl methyl sites for hydroxylation is 1. The molecule has 7 heteroatoms. The Balaban J connectivity index is 2.21. The van der Waals surface area contributed by atoms with E-state index in [0.717, 1.165) is 12.8 Å². The van der Waals surface area contributed by atoms with Crippen LogP contribution in [0.3, 0.4) is 0 Å². The fraction of sp³-hybridized carbons (Fsp3) is 0.480. The summed E-state index contributed by atoms with van der Waals surface area (Å²) in [6.45, 7) is 10.6. The number of nitrogens with two attached hydrogens (primary N) is 2. The second-order valence-corrected chi connectivity index (χ2v) is 9.45. The molecule has 0 amide bonds. The molecule has 1 heterocycles. The number of aromatic nitrogens is 1. The topological polar surface area (TPSA) is 114 Å². The van der Waals surface area contributed by atoms with E-state index in [1.54, 1.807) is 30.5 Å². The Morgan fingerprint density at radius 3 is 2.50 bits per heavy atom. The SMILES string of the molecule is CNC(C)(C)CC(CC(C)C)N(C)/C(N)=C/C=C(\N)c1ccc(-c2ncc(C)o2)cc1O. The second-order valence-electron chi connectivity index (χ2n) is 9.45. The van der Waals surface area contributed by atoms with E-state index in [0.29, 0.717) is 40.2 Å². The molecule has 0 saturated heterocycles. The fourth-order valence-corrected chi connectivity index (χ4v) is 3.60. The number of oxazole rings is 1. The molecule has 1 aromatic carbocycles. The molecule has 0 spiro atoms. The van der Waals surface area contributed by atoms with Gasteiger partial charge in [0.2, 0.25) is 5.89 Å². The van der Waals surface area contributed by atoms with Gasteiger partial charge < -0.3 is 31.2 Å². The lowest BCUT2D eigenvalue weighted by molar-refractivity contribution is 0.201. The highest BCUT2D eigenvalue weighted by molar-refractivity contribution is 5.72. The van der Waals surface area contributed by atoms with Crippen LogP contribution in [0.4, 0.5) is 0 Å². The monoisotopic (exact) mass is 441 g/mol. The molecule has 0 saturated carbocycles. The third kappa shape index (κ3) is 6.79. The number of benzene rings is 1. The summed E-state index contributed by atoms with van der Waals surface area (Å²) in [6, 6.07) is 5.44. The first-order valence-corrected chi connectivity index (χ1v) is 11.0. The summed E-state index contributed by atoms with van der Waals surface area (Å²) in [7, 11) is 4.00. The van der Waals surface area contributed by atoms with Crippen LogP contribution in [0.1, 0.15) is 51.9 Å². The molecule has 0 fully saturated rings. The maximum absolute atomic E-state index is 10.5. The Morgan fingerprint density at radius 1 is 1.28 bits per heavy atom. The highest BCUT2D eigenvalue weighted by Crippen LogP contribution is 2.29. The minimum atomic E-state index is -0.00209. The highest BCUT2D eigenvalue weighted by atomic mass is 16.4. The molecular weight excluding hydrogens is 402 g/mol. The number of allylic oxidation sites excluding steroid dienone is 2. The number of nitrogens with one attached hydrogen (secondary N) is 1. The Kier molecular flexibility index (Phi) is 8.38. The molecule has 2 rings (SSSR count). The summed E-state index contributed by atoms with van der Waals surface area (Å²) >= 11 is 0. The zero-order chi connectivity index (χ0) is 24.1. The number of aromatic hydroxyl groups is 1. The van der Waals surface area contributed by atoms with Gasteiger partial charge in [-0.25, -0.2) is 4.98 Å². The van der Waals surface area contributed by atoms with Crippen LogP contribution in [-0.2, 0) is 0 Å². The van der Waals surface area contributed by atoms with Crippen LogP contribution in [0.2, 0.25) is 0 Å². The van der Waals surface area contributed by atoms with Gasteiger partial charge in [0, 0.05) is 35.5 Å². The van der Waals surface area contributed by atoms with Crippen LogP contribution >= 0.6 is 0 Å². The van der Waals surface area contributed by atoms with Gasteiger partial charge >= 0.3 is 0 Å². The van der Waals surface area contributed by atoms with Crippen LogP contribution in [0.15, 0.2) is 46.8 Å². The van der Waals surface area contributed by atoms with E-state index >= 15 is 0 Å². The third-order valence-corrected chi connectivity index (χ3v) is 5.73. The molecule has 7 nitrogen and oxygen atoms in total. The predicted molar refractivity (Wildman–Crippen MR) is 132 cm³/mol. The van der Waals surface area contributed by atoms with Crippen molar-refractivity contribution in [2.45, 2.75) is 59.0 Å². The molecule has 6 N–H and O–H groups in total. The van der Waals surface area contributed by atoms with E-state index in [4.69, 9.17) is 15.9 Å². The molecule has 0 aliphatic rings. The van der Waals surface area contributed by atoms with Gasteiger partial charge in [0.15, 0.2) is 0 Å². The lowest BCUT2D eigenvalue weighted by atomic mass is 9.89. The number of hydrogen-bond acceptors (Lipinski definition) is 7. The summed E-state index contributed by atoms with van der Waals surface area (Å²) < 4.78 is 5.52. The molecule has 2 aromatic rings. The van der Waals surface area contributed by atoms with Gasteiger partial charge in [-0.3, -0.25) is 0 Å². The minimum absolute atomic E-state index is 0.00209. The van der Waals surface area contributed by atoms with Gasteiger partial charge in [0.05, 0.1) is 12.0 Å². The summed E-state index contributed by atoms with van der Waals surface area (Å²) in [5.74, 6) is 2.39. The lowest BCUT2D eigenvalue weighted by Crippen LogP contribution is -2.45. The van der Waals surface area contributed by atoms with Gasteiger partial charge in [-0.05, 0) is 76.9 Å². The summed E-state index contributed by atoms with van der Waals surface area (Å²) in [5, 5.41) is 13.9. The first kappa shape index (κ1) is 25.3. The predicted octanol–water partition coefficient (Wildman–Crippen LogP) is 4.19. The zero-order valence-electron chi connectivity index (χ0n) is 20.4. The second kappa shape index (κ2) is 10.6. The standard InChI is InChI=1S/C25H39N5O2/c1-16(2)12-19(14-25(4,5)28-6)30(7)23(27)11-10-21(26)20-9-8-18(13-22(20)31)24-29-15-17(3)32-24/h8-11,13,15-16,19,28,31H,12,14,26-27H2,1-7H3/b21-10-,23-11+. The first-order chi connectivity index (χ1) is 14.9. The molecule has 1 atom stereocenters. The van der Waals surface area contributed by atoms with Crippen LogP contribution in [0.25, 0.3) is 17.2 Å². The Hall–Kier alpha value is -2.93. The van der Waals surface area contributed by atoms with Crippen molar-refractivity contribution < 1.29 is 9.52 Å². The number of phenolic OH excluding ortho intramolecular Hbond substituents is 1. The van der Waals surface area contributed by atoms with Crippen molar-refractivity contribution in [3.8, 4) is 17.2 Å². The molecule has 0 radical (unpaired) electrons. The van der Waals surface area contributed by atoms with Gasteiger partial charge in [-0.2, -0.15) is 0 Å². The van der Waals surface area contributed by atoms with Gasteiger partial charge in [-0.1, -0.05) is 13.8 Å². The minimum Gasteiger partial charge on any atom is -0.507 e. The van der Waals surface area contributed by atoms with Crippen molar-refractivity contribution in [2.24, 2.45) is 17.4 Å². The van der Waals surface area contributed by atoms with Gasteiger partial charge in [-0.15, -0.1) is 0 Å². The summed E-state index contributed by atoms with van der Waals surface area (Å²) in [4.78, 5) is 6.30. The Bertz CT molecular complexity index is 959. The largest absolute Gasteiger partial charge is 0.507 e. The number of nitrogens with zero attached hydrogens (tertiary/aromatic N) is 2. The highest BCUT2D eigenvalue weighted by Gasteiger charge is 2.25. The first-order valence-electron chi connectivity index (χ1n) is 11.0. The van der Waals surface area contributed by atoms with Crippen molar-refractivity contribution in [3.63, 3.8) is 0 Å². The average Bonchev–Trinajstić information content (AvgIpc) is 3.16.